The van der Waals surface area contributed by atoms with E-state index in [1.165, 1.54) is 24.3 Å². The summed E-state index contributed by atoms with van der Waals surface area (Å²) in [5, 5.41) is 0. The number of hydrogen-bond donors (Lipinski definition) is 1. The Morgan fingerprint density at radius 3 is 2.27 bits per heavy atom. The van der Waals surface area contributed by atoms with Crippen molar-refractivity contribution in [1.29, 1.82) is 0 Å². The molecular weight excluding hydrogens is 208 g/mol. The Morgan fingerprint density at radius 1 is 1.27 bits per heavy atom. The van der Waals surface area contributed by atoms with Crippen molar-refractivity contribution in [2.75, 3.05) is 11.5 Å². The minimum absolute atomic E-state index is 0.161. The van der Waals surface area contributed by atoms with Crippen molar-refractivity contribution in [3.8, 4) is 0 Å². The van der Waals surface area contributed by atoms with Gasteiger partial charge in [0.2, 0.25) is 5.91 Å². The predicted octanol–water partition coefficient (Wildman–Crippen LogP) is 1.22. The standard InChI is InChI=1S/C11H20N2OS/c1-8(12)11(14)13(9-2-3-9)10-4-6-15-7-5-10/h8-10H,2-7,12H2,1H3/t8-/m1/s1. The van der Waals surface area contributed by atoms with Gasteiger partial charge in [-0.25, -0.2) is 0 Å². The number of thioether (sulfide) groups is 1. The molecule has 1 heterocycles. The molecule has 86 valence electrons. The summed E-state index contributed by atoms with van der Waals surface area (Å²) < 4.78 is 0. The molecule has 1 atom stereocenters. The number of carbonyl (C=O) groups excluding carboxylic acids is 1. The average molecular weight is 228 g/mol. The normalized spacial score (nSPS) is 24.9. The highest BCUT2D eigenvalue weighted by molar-refractivity contribution is 7.99. The van der Waals surface area contributed by atoms with E-state index in [-0.39, 0.29) is 11.9 Å². The van der Waals surface area contributed by atoms with E-state index in [1.54, 1.807) is 6.92 Å². The number of rotatable bonds is 3. The van der Waals surface area contributed by atoms with Gasteiger partial charge in [0.1, 0.15) is 0 Å². The summed E-state index contributed by atoms with van der Waals surface area (Å²) >= 11 is 2.00. The summed E-state index contributed by atoms with van der Waals surface area (Å²) in [5.74, 6) is 2.55. The molecule has 1 amide bonds. The van der Waals surface area contributed by atoms with Crippen LogP contribution in [0.25, 0.3) is 0 Å². The molecule has 0 aromatic heterocycles. The summed E-state index contributed by atoms with van der Waals surface area (Å²) in [5.41, 5.74) is 5.71. The highest BCUT2D eigenvalue weighted by Gasteiger charge is 2.38. The fraction of sp³-hybridized carbons (Fsp3) is 0.909. The second kappa shape index (κ2) is 4.74. The third-order valence-corrected chi connectivity index (χ3v) is 4.22. The molecule has 1 aliphatic carbocycles. The minimum Gasteiger partial charge on any atom is -0.335 e. The average Bonchev–Trinajstić information content (AvgIpc) is 3.04. The Kier molecular flexibility index (Phi) is 3.57. The second-order valence-electron chi connectivity index (χ2n) is 4.61. The second-order valence-corrected chi connectivity index (χ2v) is 5.83. The molecule has 1 saturated heterocycles. The SMILES string of the molecule is C[C@@H](N)C(=O)N(C1CCSCC1)C1CC1. The Morgan fingerprint density at radius 2 is 1.80 bits per heavy atom. The van der Waals surface area contributed by atoms with Gasteiger partial charge in [0.25, 0.3) is 0 Å². The maximum Gasteiger partial charge on any atom is 0.239 e. The van der Waals surface area contributed by atoms with Crippen molar-refractivity contribution >= 4 is 17.7 Å². The van der Waals surface area contributed by atoms with Gasteiger partial charge in [0, 0.05) is 12.1 Å². The van der Waals surface area contributed by atoms with Crippen LogP contribution in [0.15, 0.2) is 0 Å². The monoisotopic (exact) mass is 228 g/mol. The van der Waals surface area contributed by atoms with Crippen molar-refractivity contribution in [1.82, 2.24) is 4.90 Å². The third-order valence-electron chi connectivity index (χ3n) is 3.17. The van der Waals surface area contributed by atoms with Crippen LogP contribution in [0.4, 0.5) is 0 Å². The first kappa shape index (κ1) is 11.3. The van der Waals surface area contributed by atoms with E-state index in [1.807, 2.05) is 11.8 Å². The molecule has 0 aromatic rings. The van der Waals surface area contributed by atoms with Crippen LogP contribution in [-0.2, 0) is 4.79 Å². The van der Waals surface area contributed by atoms with Gasteiger partial charge in [-0.2, -0.15) is 11.8 Å². The fourth-order valence-electron chi connectivity index (χ4n) is 2.21. The molecule has 2 aliphatic rings. The van der Waals surface area contributed by atoms with Crippen LogP contribution in [0.5, 0.6) is 0 Å². The molecule has 4 heteroatoms. The van der Waals surface area contributed by atoms with Crippen molar-refractivity contribution < 1.29 is 4.79 Å². The predicted molar refractivity (Wildman–Crippen MR) is 63.9 cm³/mol. The smallest absolute Gasteiger partial charge is 0.239 e. The number of amides is 1. The van der Waals surface area contributed by atoms with E-state index in [0.29, 0.717) is 12.1 Å². The first-order valence-corrected chi connectivity index (χ1v) is 7.01. The van der Waals surface area contributed by atoms with Gasteiger partial charge < -0.3 is 10.6 Å². The van der Waals surface area contributed by atoms with Gasteiger partial charge in [-0.3, -0.25) is 4.79 Å². The lowest BCUT2D eigenvalue weighted by atomic mass is 10.1. The summed E-state index contributed by atoms with van der Waals surface area (Å²) in [7, 11) is 0. The molecule has 1 aliphatic heterocycles. The highest BCUT2D eigenvalue weighted by Crippen LogP contribution is 2.33. The summed E-state index contributed by atoms with van der Waals surface area (Å²) in [6.07, 6.45) is 4.67. The molecular formula is C11H20N2OS. The maximum absolute atomic E-state index is 12.0. The van der Waals surface area contributed by atoms with E-state index < -0.39 is 0 Å². The third kappa shape index (κ3) is 2.67. The summed E-state index contributed by atoms with van der Waals surface area (Å²) in [6, 6.07) is 0.647. The zero-order chi connectivity index (χ0) is 10.8. The van der Waals surface area contributed by atoms with Gasteiger partial charge in [0.15, 0.2) is 0 Å². The lowest BCUT2D eigenvalue weighted by molar-refractivity contribution is -0.135. The van der Waals surface area contributed by atoms with Crippen LogP contribution >= 0.6 is 11.8 Å². The van der Waals surface area contributed by atoms with E-state index in [4.69, 9.17) is 5.73 Å². The van der Waals surface area contributed by atoms with Crippen LogP contribution in [0.2, 0.25) is 0 Å². The molecule has 1 saturated carbocycles. The molecule has 0 unspecified atom stereocenters. The van der Waals surface area contributed by atoms with Crippen molar-refractivity contribution in [3.63, 3.8) is 0 Å². The van der Waals surface area contributed by atoms with Crippen molar-refractivity contribution in [3.05, 3.63) is 0 Å². The molecule has 2 N–H and O–H groups in total. The lowest BCUT2D eigenvalue weighted by Gasteiger charge is -2.35. The van der Waals surface area contributed by atoms with Crippen molar-refractivity contribution in [2.45, 2.75) is 50.7 Å². The number of nitrogens with two attached hydrogens (primary N) is 1. The van der Waals surface area contributed by atoms with Crippen LogP contribution in [-0.4, -0.2) is 40.4 Å². The Bertz CT molecular complexity index is 235. The van der Waals surface area contributed by atoms with Crippen LogP contribution in [0.1, 0.15) is 32.6 Å². The zero-order valence-corrected chi connectivity index (χ0v) is 10.1. The number of carbonyl (C=O) groups is 1. The number of hydrogen-bond acceptors (Lipinski definition) is 3. The number of nitrogens with zero attached hydrogens (tertiary/aromatic N) is 1. The quantitative estimate of drug-likeness (QED) is 0.790. The molecule has 2 rings (SSSR count). The van der Waals surface area contributed by atoms with Gasteiger partial charge in [-0.1, -0.05) is 0 Å². The molecule has 0 spiro atoms. The van der Waals surface area contributed by atoms with E-state index in [0.717, 1.165) is 12.8 Å². The molecule has 3 nitrogen and oxygen atoms in total. The fourth-order valence-corrected chi connectivity index (χ4v) is 3.29. The molecule has 0 bridgehead atoms. The van der Waals surface area contributed by atoms with Crippen LogP contribution < -0.4 is 5.73 Å². The lowest BCUT2D eigenvalue weighted by Crippen LogP contribution is -2.49. The largest absolute Gasteiger partial charge is 0.335 e. The van der Waals surface area contributed by atoms with Gasteiger partial charge >= 0.3 is 0 Å². The zero-order valence-electron chi connectivity index (χ0n) is 9.32. The Balaban J connectivity index is 2.01. The van der Waals surface area contributed by atoms with Gasteiger partial charge in [0.05, 0.1) is 6.04 Å². The van der Waals surface area contributed by atoms with Gasteiger partial charge in [-0.05, 0) is 44.1 Å². The molecule has 0 aromatic carbocycles. The van der Waals surface area contributed by atoms with E-state index in [9.17, 15) is 4.79 Å². The van der Waals surface area contributed by atoms with E-state index >= 15 is 0 Å². The van der Waals surface area contributed by atoms with Gasteiger partial charge in [-0.15, -0.1) is 0 Å². The first-order chi connectivity index (χ1) is 7.20. The maximum atomic E-state index is 12.0. The van der Waals surface area contributed by atoms with Crippen LogP contribution in [0.3, 0.4) is 0 Å². The summed E-state index contributed by atoms with van der Waals surface area (Å²) in [4.78, 5) is 14.1. The summed E-state index contributed by atoms with van der Waals surface area (Å²) in [6.45, 7) is 1.80. The molecule has 0 radical (unpaired) electrons. The minimum atomic E-state index is -0.333. The highest BCUT2D eigenvalue weighted by atomic mass is 32.2. The molecule has 2 fully saturated rings. The van der Waals surface area contributed by atoms with Crippen LogP contribution in [0, 0.1) is 0 Å². The van der Waals surface area contributed by atoms with E-state index in [2.05, 4.69) is 4.90 Å². The Hall–Kier alpha value is -0.220. The molecule has 15 heavy (non-hydrogen) atoms. The van der Waals surface area contributed by atoms with Crippen molar-refractivity contribution in [2.24, 2.45) is 5.73 Å². The topological polar surface area (TPSA) is 46.3 Å². The first-order valence-electron chi connectivity index (χ1n) is 5.85. The Labute approximate surface area is 95.8 Å².